The number of hydrogen-bond donors (Lipinski definition) is 2. The number of aliphatic carboxylic acids is 1. The van der Waals surface area contributed by atoms with Gasteiger partial charge in [0.2, 0.25) is 10.0 Å². The van der Waals surface area contributed by atoms with Crippen LogP contribution in [-0.2, 0) is 21.2 Å². The minimum absolute atomic E-state index is 0.0725. The summed E-state index contributed by atoms with van der Waals surface area (Å²) in [7, 11) is -3.86. The van der Waals surface area contributed by atoms with Crippen molar-refractivity contribution in [3.05, 3.63) is 39.9 Å². The van der Waals surface area contributed by atoms with Gasteiger partial charge in [-0.05, 0) is 12.3 Å². The summed E-state index contributed by atoms with van der Waals surface area (Å²) in [5.74, 6) is -2.10. The van der Waals surface area contributed by atoms with E-state index in [1.54, 1.807) is 19.9 Å². The summed E-state index contributed by atoms with van der Waals surface area (Å²) in [5, 5.41) is 19.9. The lowest BCUT2D eigenvalue weighted by Crippen LogP contribution is -2.45. The van der Waals surface area contributed by atoms with Gasteiger partial charge in [-0.15, -0.1) is 0 Å². The molecule has 0 aliphatic rings. The first-order chi connectivity index (χ1) is 10.1. The van der Waals surface area contributed by atoms with Gasteiger partial charge in [0.15, 0.2) is 0 Å². The Morgan fingerprint density at radius 1 is 1.36 bits per heavy atom. The molecule has 0 radical (unpaired) electrons. The van der Waals surface area contributed by atoms with E-state index in [-0.39, 0.29) is 17.7 Å². The molecule has 0 saturated carbocycles. The highest BCUT2D eigenvalue weighted by atomic mass is 32.2. The molecule has 22 heavy (non-hydrogen) atoms. The van der Waals surface area contributed by atoms with Gasteiger partial charge < -0.3 is 5.11 Å². The minimum atomic E-state index is -3.86. The Balaban J connectivity index is 2.83. The van der Waals surface area contributed by atoms with Gasteiger partial charge in [0.05, 0.1) is 10.7 Å². The molecule has 0 fully saturated rings. The Kier molecular flexibility index (Phi) is 6.01. The summed E-state index contributed by atoms with van der Waals surface area (Å²) in [5.41, 5.74) is 0.130. The highest BCUT2D eigenvalue weighted by molar-refractivity contribution is 7.89. The first kappa shape index (κ1) is 18.1. The van der Waals surface area contributed by atoms with E-state index in [0.29, 0.717) is 0 Å². The Bertz CT molecular complexity index is 656. The number of benzene rings is 1. The monoisotopic (exact) mass is 330 g/mol. The second-order valence-corrected chi connectivity index (χ2v) is 7.01. The van der Waals surface area contributed by atoms with E-state index in [2.05, 4.69) is 4.72 Å². The van der Waals surface area contributed by atoms with Crippen LogP contribution in [0.2, 0.25) is 0 Å². The summed E-state index contributed by atoms with van der Waals surface area (Å²) in [4.78, 5) is 21.3. The fourth-order valence-corrected chi connectivity index (χ4v) is 3.24. The van der Waals surface area contributed by atoms with E-state index in [4.69, 9.17) is 5.11 Å². The molecule has 1 rings (SSSR count). The molecule has 0 amide bonds. The van der Waals surface area contributed by atoms with E-state index in [0.717, 1.165) is 0 Å². The van der Waals surface area contributed by atoms with Crippen LogP contribution in [0.1, 0.15) is 19.4 Å². The number of hydrogen-bond acceptors (Lipinski definition) is 5. The third kappa shape index (κ3) is 5.08. The second kappa shape index (κ2) is 7.32. The number of carboxylic acid groups (broad SMARTS) is 1. The highest BCUT2D eigenvalue weighted by Crippen LogP contribution is 2.18. The van der Waals surface area contributed by atoms with Crippen molar-refractivity contribution in [2.75, 3.05) is 5.75 Å². The van der Waals surface area contributed by atoms with Crippen LogP contribution in [0.3, 0.4) is 0 Å². The van der Waals surface area contributed by atoms with Gasteiger partial charge in [0, 0.05) is 11.6 Å². The predicted octanol–water partition coefficient (Wildman–Crippen LogP) is 1.17. The zero-order valence-corrected chi connectivity index (χ0v) is 13.0. The normalized spacial score (nSPS) is 13.0. The number of aryl methyl sites for hydroxylation is 1. The number of para-hydroxylation sites is 1. The molecule has 1 aromatic rings. The summed E-state index contributed by atoms with van der Waals surface area (Å²) in [6.45, 7) is 3.17. The number of sulfonamides is 1. The topological polar surface area (TPSA) is 127 Å². The van der Waals surface area contributed by atoms with Crippen molar-refractivity contribution >= 4 is 21.7 Å². The molecule has 9 heteroatoms. The van der Waals surface area contributed by atoms with Gasteiger partial charge in [0.25, 0.3) is 5.69 Å². The molecule has 0 bridgehead atoms. The average Bonchev–Trinajstić information content (AvgIpc) is 2.42. The maximum atomic E-state index is 12.0. The standard InChI is InChI=1S/C13H18N2O6S/c1-9(2)12(13(16)17)14-22(20,21)8-7-10-5-3-4-6-11(10)15(18)19/h3-6,9,12,14H,7-8H2,1-2H3,(H,16,17)/t12-/m0/s1. The SMILES string of the molecule is CC(C)[C@H](NS(=O)(=O)CCc1ccccc1[N+](=O)[O-])C(=O)O. The van der Waals surface area contributed by atoms with E-state index in [9.17, 15) is 23.3 Å². The fourth-order valence-electron chi connectivity index (χ4n) is 1.87. The molecule has 0 unspecified atom stereocenters. The average molecular weight is 330 g/mol. The van der Waals surface area contributed by atoms with Crippen molar-refractivity contribution in [3.8, 4) is 0 Å². The van der Waals surface area contributed by atoms with Gasteiger partial charge in [0.1, 0.15) is 6.04 Å². The van der Waals surface area contributed by atoms with Crippen LogP contribution in [0, 0.1) is 16.0 Å². The molecule has 2 N–H and O–H groups in total. The van der Waals surface area contributed by atoms with Crippen molar-refractivity contribution in [3.63, 3.8) is 0 Å². The van der Waals surface area contributed by atoms with Crippen molar-refractivity contribution in [1.82, 2.24) is 4.72 Å². The van der Waals surface area contributed by atoms with Crippen LogP contribution in [0.5, 0.6) is 0 Å². The van der Waals surface area contributed by atoms with Gasteiger partial charge in [-0.1, -0.05) is 32.0 Å². The van der Waals surface area contributed by atoms with Crippen LogP contribution >= 0.6 is 0 Å². The fraction of sp³-hybridized carbons (Fsp3) is 0.462. The largest absolute Gasteiger partial charge is 0.480 e. The van der Waals surface area contributed by atoms with Gasteiger partial charge in [-0.3, -0.25) is 14.9 Å². The molecule has 8 nitrogen and oxygen atoms in total. The Morgan fingerprint density at radius 3 is 2.45 bits per heavy atom. The smallest absolute Gasteiger partial charge is 0.321 e. The number of carbonyl (C=O) groups is 1. The number of nitro benzene ring substituents is 1. The van der Waals surface area contributed by atoms with Crippen LogP contribution < -0.4 is 4.72 Å². The van der Waals surface area contributed by atoms with E-state index < -0.39 is 38.6 Å². The third-order valence-electron chi connectivity index (χ3n) is 3.07. The van der Waals surface area contributed by atoms with Crippen molar-refractivity contribution in [1.29, 1.82) is 0 Å². The quantitative estimate of drug-likeness (QED) is 0.544. The molecule has 0 aromatic heterocycles. The molecule has 1 aromatic carbocycles. The number of nitrogens with zero attached hydrogens (tertiary/aromatic N) is 1. The minimum Gasteiger partial charge on any atom is -0.480 e. The molecule has 1 atom stereocenters. The Labute approximate surface area is 128 Å². The molecule has 122 valence electrons. The lowest BCUT2D eigenvalue weighted by Gasteiger charge is -2.17. The Hall–Kier alpha value is -2.00. The van der Waals surface area contributed by atoms with Crippen LogP contribution in [-0.4, -0.2) is 36.2 Å². The third-order valence-corrected chi connectivity index (χ3v) is 4.42. The van der Waals surface area contributed by atoms with Crippen molar-refractivity contribution in [2.45, 2.75) is 26.3 Å². The van der Waals surface area contributed by atoms with E-state index in [1.165, 1.54) is 18.2 Å². The van der Waals surface area contributed by atoms with Gasteiger partial charge >= 0.3 is 5.97 Å². The second-order valence-electron chi connectivity index (χ2n) is 5.13. The molecule has 0 heterocycles. The summed E-state index contributed by atoms with van der Waals surface area (Å²) in [6.07, 6.45) is -0.0725. The lowest BCUT2D eigenvalue weighted by atomic mass is 10.1. The highest BCUT2D eigenvalue weighted by Gasteiger charge is 2.27. The first-order valence-electron chi connectivity index (χ1n) is 6.59. The number of nitrogens with one attached hydrogen (secondary N) is 1. The number of rotatable bonds is 8. The lowest BCUT2D eigenvalue weighted by molar-refractivity contribution is -0.385. The molecule has 0 spiro atoms. The van der Waals surface area contributed by atoms with Gasteiger partial charge in [-0.2, -0.15) is 0 Å². The zero-order chi connectivity index (χ0) is 16.9. The van der Waals surface area contributed by atoms with Crippen LogP contribution in [0.4, 0.5) is 5.69 Å². The first-order valence-corrected chi connectivity index (χ1v) is 8.24. The van der Waals surface area contributed by atoms with Crippen LogP contribution in [0.25, 0.3) is 0 Å². The summed E-state index contributed by atoms with van der Waals surface area (Å²) >= 11 is 0. The molecule has 0 saturated heterocycles. The predicted molar refractivity (Wildman–Crippen MR) is 80.0 cm³/mol. The molecule has 0 aliphatic heterocycles. The van der Waals surface area contributed by atoms with Gasteiger partial charge in [-0.25, -0.2) is 13.1 Å². The van der Waals surface area contributed by atoms with Crippen molar-refractivity contribution in [2.24, 2.45) is 5.92 Å². The summed E-state index contributed by atoms with van der Waals surface area (Å²) in [6, 6.07) is 4.62. The number of nitro groups is 1. The maximum Gasteiger partial charge on any atom is 0.321 e. The number of carboxylic acids is 1. The molecule has 0 aliphatic carbocycles. The van der Waals surface area contributed by atoms with Crippen LogP contribution in [0.15, 0.2) is 24.3 Å². The Morgan fingerprint density at radius 2 is 1.95 bits per heavy atom. The van der Waals surface area contributed by atoms with E-state index >= 15 is 0 Å². The molecular weight excluding hydrogens is 312 g/mol. The van der Waals surface area contributed by atoms with E-state index in [1.807, 2.05) is 0 Å². The summed E-state index contributed by atoms with van der Waals surface area (Å²) < 4.78 is 26.0. The zero-order valence-electron chi connectivity index (χ0n) is 12.2. The maximum absolute atomic E-state index is 12.0. The van der Waals surface area contributed by atoms with Crippen molar-refractivity contribution < 1.29 is 23.2 Å². The molecular formula is C13H18N2O6S.